The number of fused-ring (bicyclic) bond motifs is 1. The third-order valence-corrected chi connectivity index (χ3v) is 3.59. The second-order valence-electron chi connectivity index (χ2n) is 3.71. The van der Waals surface area contributed by atoms with Crippen LogP contribution < -0.4 is 11.3 Å². The molecule has 0 spiro atoms. The summed E-state index contributed by atoms with van der Waals surface area (Å²) >= 11 is 1.46. The van der Waals surface area contributed by atoms with Gasteiger partial charge in [-0.2, -0.15) is 0 Å². The van der Waals surface area contributed by atoms with Crippen LogP contribution in [0, 0.1) is 0 Å². The van der Waals surface area contributed by atoms with Gasteiger partial charge in [-0.3, -0.25) is 10.2 Å². The molecule has 1 amide bonds. The van der Waals surface area contributed by atoms with Gasteiger partial charge in [0, 0.05) is 4.70 Å². The molecule has 2 rings (SSSR count). The number of thiophene rings is 1. The van der Waals surface area contributed by atoms with Crippen molar-refractivity contribution in [1.82, 2.24) is 5.43 Å². The van der Waals surface area contributed by atoms with E-state index in [9.17, 15) is 4.79 Å². The summed E-state index contributed by atoms with van der Waals surface area (Å²) in [4.78, 5) is 12.0. The number of rotatable bonds is 3. The number of aryl methyl sites for hydroxylation is 1. The maximum Gasteiger partial charge on any atom is 0.275 e. The first kappa shape index (κ1) is 11.1. The molecule has 0 bridgehead atoms. The van der Waals surface area contributed by atoms with Crippen molar-refractivity contribution in [2.75, 3.05) is 0 Å². The number of benzene rings is 1. The van der Waals surface area contributed by atoms with E-state index in [0.29, 0.717) is 4.88 Å². The fraction of sp³-hybridized carbons (Fsp3) is 0.250. The van der Waals surface area contributed by atoms with Crippen molar-refractivity contribution in [3.8, 4) is 0 Å². The zero-order valence-electron chi connectivity index (χ0n) is 9.12. The zero-order chi connectivity index (χ0) is 11.5. The Balaban J connectivity index is 2.41. The molecule has 0 saturated heterocycles. The molecule has 84 valence electrons. The fourth-order valence-corrected chi connectivity index (χ4v) is 2.67. The minimum atomic E-state index is -0.224. The lowest BCUT2D eigenvalue weighted by atomic mass is 10.1. The lowest BCUT2D eigenvalue weighted by Gasteiger charge is -1.97. The average molecular weight is 234 g/mol. The molecule has 0 aliphatic rings. The summed E-state index contributed by atoms with van der Waals surface area (Å²) < 4.78 is 1.12. The molecule has 0 fully saturated rings. The van der Waals surface area contributed by atoms with Gasteiger partial charge in [-0.1, -0.05) is 25.5 Å². The molecule has 0 saturated carbocycles. The van der Waals surface area contributed by atoms with E-state index < -0.39 is 0 Å². The van der Waals surface area contributed by atoms with E-state index in [1.54, 1.807) is 0 Å². The Bertz CT molecular complexity index is 519. The van der Waals surface area contributed by atoms with Crippen molar-refractivity contribution in [1.29, 1.82) is 0 Å². The van der Waals surface area contributed by atoms with Crippen molar-refractivity contribution in [2.24, 2.45) is 5.84 Å². The molecule has 3 nitrogen and oxygen atoms in total. The lowest BCUT2D eigenvalue weighted by Crippen LogP contribution is -2.29. The molecule has 0 aliphatic carbocycles. The first-order valence-corrected chi connectivity index (χ1v) is 6.09. The quantitative estimate of drug-likeness (QED) is 0.487. The molecule has 1 aromatic carbocycles. The Morgan fingerprint density at radius 3 is 2.94 bits per heavy atom. The molecule has 3 N–H and O–H groups in total. The number of hydrogen-bond donors (Lipinski definition) is 2. The van der Waals surface area contributed by atoms with Gasteiger partial charge in [0.15, 0.2) is 0 Å². The summed E-state index contributed by atoms with van der Waals surface area (Å²) in [6, 6.07) is 8.22. The highest BCUT2D eigenvalue weighted by Gasteiger charge is 2.08. The first-order chi connectivity index (χ1) is 7.74. The van der Waals surface area contributed by atoms with Gasteiger partial charge in [0.05, 0.1) is 4.88 Å². The number of carbonyl (C=O) groups is 1. The van der Waals surface area contributed by atoms with Gasteiger partial charge < -0.3 is 0 Å². The Labute approximate surface area is 98.2 Å². The highest BCUT2D eigenvalue weighted by molar-refractivity contribution is 7.20. The van der Waals surface area contributed by atoms with Crippen LogP contribution >= 0.6 is 11.3 Å². The average Bonchev–Trinajstić information content (AvgIpc) is 2.71. The number of nitrogens with two attached hydrogens (primary N) is 1. The second kappa shape index (κ2) is 4.63. The van der Waals surface area contributed by atoms with Gasteiger partial charge >= 0.3 is 0 Å². The van der Waals surface area contributed by atoms with Crippen molar-refractivity contribution in [3.05, 3.63) is 34.7 Å². The molecule has 4 heteroatoms. The predicted octanol–water partition coefficient (Wildman–Crippen LogP) is 2.46. The minimum absolute atomic E-state index is 0.224. The van der Waals surface area contributed by atoms with Crippen LogP contribution in [0.2, 0.25) is 0 Å². The smallest absolute Gasteiger partial charge is 0.275 e. The number of hydrazine groups is 1. The van der Waals surface area contributed by atoms with Crippen molar-refractivity contribution in [3.63, 3.8) is 0 Å². The van der Waals surface area contributed by atoms with Gasteiger partial charge in [0.25, 0.3) is 5.91 Å². The van der Waals surface area contributed by atoms with E-state index in [4.69, 9.17) is 5.84 Å². The largest absolute Gasteiger partial charge is 0.289 e. The first-order valence-electron chi connectivity index (χ1n) is 5.28. The molecule has 1 aromatic heterocycles. The van der Waals surface area contributed by atoms with E-state index in [-0.39, 0.29) is 5.91 Å². The van der Waals surface area contributed by atoms with Crippen LogP contribution in [0.25, 0.3) is 10.1 Å². The molecular weight excluding hydrogens is 220 g/mol. The summed E-state index contributed by atoms with van der Waals surface area (Å²) in [5.41, 5.74) is 3.47. The number of nitrogens with one attached hydrogen (secondary N) is 1. The highest BCUT2D eigenvalue weighted by Crippen LogP contribution is 2.26. The lowest BCUT2D eigenvalue weighted by molar-refractivity contribution is 0.0958. The van der Waals surface area contributed by atoms with E-state index in [0.717, 1.165) is 22.9 Å². The van der Waals surface area contributed by atoms with Crippen LogP contribution in [0.1, 0.15) is 28.6 Å². The van der Waals surface area contributed by atoms with Gasteiger partial charge in [-0.15, -0.1) is 11.3 Å². The molecule has 0 aliphatic heterocycles. The SMILES string of the molecule is CCCc1ccc2sc(C(=O)NN)cc2c1. The minimum Gasteiger partial charge on any atom is -0.289 e. The number of hydrogen-bond acceptors (Lipinski definition) is 3. The van der Waals surface area contributed by atoms with Gasteiger partial charge in [0.1, 0.15) is 0 Å². The van der Waals surface area contributed by atoms with E-state index in [1.165, 1.54) is 16.9 Å². The summed E-state index contributed by atoms with van der Waals surface area (Å²) in [5.74, 6) is 4.89. The number of amides is 1. The molecule has 16 heavy (non-hydrogen) atoms. The summed E-state index contributed by atoms with van der Waals surface area (Å²) in [6.45, 7) is 2.16. The third kappa shape index (κ3) is 2.08. The van der Waals surface area contributed by atoms with Crippen molar-refractivity contribution >= 4 is 27.3 Å². The van der Waals surface area contributed by atoms with Crippen molar-refractivity contribution in [2.45, 2.75) is 19.8 Å². The Kier molecular flexibility index (Phi) is 3.22. The fourth-order valence-electron chi connectivity index (χ4n) is 1.72. The molecule has 0 radical (unpaired) electrons. The number of nitrogen functional groups attached to an aromatic ring is 1. The van der Waals surface area contributed by atoms with E-state index in [1.807, 2.05) is 6.07 Å². The maximum absolute atomic E-state index is 11.4. The molecule has 0 atom stereocenters. The maximum atomic E-state index is 11.4. The van der Waals surface area contributed by atoms with Crippen LogP contribution in [-0.2, 0) is 6.42 Å². The highest BCUT2D eigenvalue weighted by atomic mass is 32.1. The Morgan fingerprint density at radius 1 is 1.44 bits per heavy atom. The van der Waals surface area contributed by atoms with E-state index >= 15 is 0 Å². The predicted molar refractivity (Wildman–Crippen MR) is 67.5 cm³/mol. The Morgan fingerprint density at radius 2 is 2.25 bits per heavy atom. The Hall–Kier alpha value is -1.39. The van der Waals surface area contributed by atoms with Gasteiger partial charge in [-0.05, 0) is 29.5 Å². The summed E-state index contributed by atoms with van der Waals surface area (Å²) in [7, 11) is 0. The second-order valence-corrected chi connectivity index (χ2v) is 4.79. The normalized spacial score (nSPS) is 10.6. The molecule has 1 heterocycles. The topological polar surface area (TPSA) is 55.1 Å². The van der Waals surface area contributed by atoms with Crippen LogP contribution in [-0.4, -0.2) is 5.91 Å². The summed E-state index contributed by atoms with van der Waals surface area (Å²) in [5, 5.41) is 1.12. The van der Waals surface area contributed by atoms with Gasteiger partial charge in [0.2, 0.25) is 0 Å². The molecular formula is C12H14N2OS. The van der Waals surface area contributed by atoms with Crippen LogP contribution in [0.4, 0.5) is 0 Å². The zero-order valence-corrected chi connectivity index (χ0v) is 9.93. The molecule has 0 unspecified atom stereocenters. The monoisotopic (exact) mass is 234 g/mol. The van der Waals surface area contributed by atoms with Gasteiger partial charge in [-0.25, -0.2) is 5.84 Å². The van der Waals surface area contributed by atoms with Crippen LogP contribution in [0.3, 0.4) is 0 Å². The number of carbonyl (C=O) groups excluding carboxylic acids is 1. The third-order valence-electron chi connectivity index (χ3n) is 2.47. The van der Waals surface area contributed by atoms with Crippen molar-refractivity contribution < 1.29 is 4.79 Å². The van der Waals surface area contributed by atoms with Crippen LogP contribution in [0.15, 0.2) is 24.3 Å². The molecule has 2 aromatic rings. The standard InChI is InChI=1S/C12H14N2OS/c1-2-3-8-4-5-10-9(6-8)7-11(16-10)12(15)14-13/h4-7H,2-3,13H2,1H3,(H,14,15). The van der Waals surface area contributed by atoms with E-state index in [2.05, 4.69) is 30.5 Å². The summed E-state index contributed by atoms with van der Waals surface area (Å²) in [6.07, 6.45) is 2.20. The van der Waals surface area contributed by atoms with Crippen LogP contribution in [0.5, 0.6) is 0 Å².